The fourth-order valence-corrected chi connectivity index (χ4v) is 5.55. The molecule has 178 valence electrons. The lowest BCUT2D eigenvalue weighted by molar-refractivity contribution is -0.126. The Kier molecular flexibility index (Phi) is 9.23. The Balaban J connectivity index is 1.54. The number of nitrogens with zero attached hydrogens (tertiary/aromatic N) is 2. The third kappa shape index (κ3) is 7.00. The molecule has 33 heavy (non-hydrogen) atoms. The van der Waals surface area contributed by atoms with Crippen molar-refractivity contribution in [2.24, 2.45) is 5.92 Å². The molecule has 1 aliphatic heterocycles. The lowest BCUT2D eigenvalue weighted by Gasteiger charge is -2.32. The van der Waals surface area contributed by atoms with Crippen LogP contribution in [0.3, 0.4) is 0 Å². The molecule has 1 N–H and O–H groups in total. The average Bonchev–Trinajstić information content (AvgIpc) is 2.86. The zero-order valence-corrected chi connectivity index (χ0v) is 20.4. The highest BCUT2D eigenvalue weighted by Crippen LogP contribution is 2.23. The molecule has 1 fully saturated rings. The van der Waals surface area contributed by atoms with Crippen LogP contribution in [0.1, 0.15) is 43.9 Å². The second-order valence-electron chi connectivity index (χ2n) is 8.32. The molecule has 3 rings (SSSR count). The summed E-state index contributed by atoms with van der Waals surface area (Å²) in [5, 5.41) is 4.40. The Bertz CT molecular complexity index is 998. The highest BCUT2D eigenvalue weighted by Gasteiger charge is 2.30. The Morgan fingerprint density at radius 2 is 1.61 bits per heavy atom. The van der Waals surface area contributed by atoms with Gasteiger partial charge in [-0.15, -0.1) is 0 Å². The van der Waals surface area contributed by atoms with Gasteiger partial charge in [0, 0.05) is 31.0 Å². The molecule has 7 heteroatoms. The van der Waals surface area contributed by atoms with Crippen LogP contribution in [-0.4, -0.2) is 56.3 Å². The van der Waals surface area contributed by atoms with E-state index in [1.54, 1.807) is 6.08 Å². The molecule has 1 atom stereocenters. The van der Waals surface area contributed by atoms with Crippen molar-refractivity contribution in [1.82, 2.24) is 14.5 Å². The van der Waals surface area contributed by atoms with Gasteiger partial charge in [-0.25, -0.2) is 8.42 Å². The quantitative estimate of drug-likeness (QED) is 0.573. The molecule has 0 saturated carbocycles. The molecule has 2 aromatic carbocycles. The van der Waals surface area contributed by atoms with E-state index in [1.165, 1.54) is 15.3 Å². The maximum Gasteiger partial charge on any atom is 0.236 e. The normalized spacial score (nSPS) is 16.8. The molecule has 0 aliphatic carbocycles. The fourth-order valence-electron chi connectivity index (χ4n) is 4.33. The van der Waals surface area contributed by atoms with Gasteiger partial charge < -0.3 is 5.32 Å². The van der Waals surface area contributed by atoms with Gasteiger partial charge in [0.25, 0.3) is 0 Å². The van der Waals surface area contributed by atoms with Crippen LogP contribution in [-0.2, 0) is 14.8 Å². The van der Waals surface area contributed by atoms with E-state index in [2.05, 4.69) is 36.2 Å². The van der Waals surface area contributed by atoms with Gasteiger partial charge >= 0.3 is 0 Å². The standard InChI is InChI=1S/C26H35N3O3S/c1-3-28(4-2)25(23-13-9-6-10-14-23)21-27-26(30)24-15-18-29(19-16-24)33(31,32)20-17-22-11-7-5-8-12-22/h5-14,17,20,24-25H,3-4,15-16,18-19,21H2,1-2H3,(H,27,30)/b20-17-/t25-/m1/s1. The first-order chi connectivity index (χ1) is 15.9. The molecule has 0 radical (unpaired) electrons. The van der Waals surface area contributed by atoms with Crippen LogP contribution in [0.4, 0.5) is 0 Å². The van der Waals surface area contributed by atoms with Gasteiger partial charge in [0.1, 0.15) is 0 Å². The lowest BCUT2D eigenvalue weighted by atomic mass is 9.97. The molecular weight excluding hydrogens is 434 g/mol. The van der Waals surface area contributed by atoms with E-state index < -0.39 is 10.0 Å². The molecular formula is C26H35N3O3S. The monoisotopic (exact) mass is 469 g/mol. The summed E-state index contributed by atoms with van der Waals surface area (Å²) in [6, 6.07) is 19.7. The van der Waals surface area contributed by atoms with Crippen LogP contribution in [0.15, 0.2) is 66.1 Å². The predicted octanol–water partition coefficient (Wildman–Crippen LogP) is 3.90. The fraction of sp³-hybridized carbons (Fsp3) is 0.423. The lowest BCUT2D eigenvalue weighted by Crippen LogP contribution is -2.44. The average molecular weight is 470 g/mol. The number of benzene rings is 2. The Morgan fingerprint density at radius 1 is 1.03 bits per heavy atom. The third-order valence-corrected chi connectivity index (χ3v) is 7.89. The van der Waals surface area contributed by atoms with Gasteiger partial charge in [0.2, 0.25) is 15.9 Å². The number of nitrogens with one attached hydrogen (secondary N) is 1. The van der Waals surface area contributed by atoms with Crippen LogP contribution < -0.4 is 5.32 Å². The summed E-state index contributed by atoms with van der Waals surface area (Å²) < 4.78 is 26.8. The SMILES string of the molecule is CCN(CC)[C@H](CNC(=O)C1CCN(S(=O)(=O)/C=C\c2ccccc2)CC1)c1ccccc1. The molecule has 6 nitrogen and oxygen atoms in total. The molecule has 0 bridgehead atoms. The van der Waals surface area contributed by atoms with Gasteiger partial charge in [-0.2, -0.15) is 4.31 Å². The smallest absolute Gasteiger partial charge is 0.236 e. The van der Waals surface area contributed by atoms with E-state index in [0.29, 0.717) is 32.5 Å². The van der Waals surface area contributed by atoms with E-state index in [4.69, 9.17) is 0 Å². The highest BCUT2D eigenvalue weighted by atomic mass is 32.2. The zero-order chi connectivity index (χ0) is 23.7. The minimum Gasteiger partial charge on any atom is -0.354 e. The second-order valence-corrected chi connectivity index (χ2v) is 10.1. The van der Waals surface area contributed by atoms with Crippen molar-refractivity contribution in [2.75, 3.05) is 32.7 Å². The van der Waals surface area contributed by atoms with Crippen LogP contribution in [0.2, 0.25) is 0 Å². The minimum atomic E-state index is -3.50. The summed E-state index contributed by atoms with van der Waals surface area (Å²) in [4.78, 5) is 15.2. The number of likely N-dealkylation sites (N-methyl/N-ethyl adjacent to an activating group) is 1. The van der Waals surface area contributed by atoms with Gasteiger partial charge in [-0.05, 0) is 43.1 Å². The number of rotatable bonds is 10. The van der Waals surface area contributed by atoms with Gasteiger partial charge in [0.15, 0.2) is 0 Å². The van der Waals surface area contributed by atoms with Crippen LogP contribution in [0.5, 0.6) is 0 Å². The van der Waals surface area contributed by atoms with Crippen molar-refractivity contribution >= 4 is 22.0 Å². The van der Waals surface area contributed by atoms with E-state index in [-0.39, 0.29) is 17.9 Å². The summed E-state index contributed by atoms with van der Waals surface area (Å²) in [5.74, 6) is -0.150. The first-order valence-corrected chi connectivity index (χ1v) is 13.2. The van der Waals surface area contributed by atoms with Crippen LogP contribution >= 0.6 is 0 Å². The molecule has 1 saturated heterocycles. The van der Waals surface area contributed by atoms with Crippen molar-refractivity contribution in [3.05, 3.63) is 77.2 Å². The van der Waals surface area contributed by atoms with E-state index in [0.717, 1.165) is 18.7 Å². The van der Waals surface area contributed by atoms with Crippen LogP contribution in [0.25, 0.3) is 6.08 Å². The Hall–Kier alpha value is -2.48. The molecule has 1 aliphatic rings. The summed E-state index contributed by atoms with van der Waals surface area (Å²) in [5.41, 5.74) is 2.03. The minimum absolute atomic E-state index is 0.0139. The van der Waals surface area contributed by atoms with Crippen molar-refractivity contribution in [3.63, 3.8) is 0 Å². The third-order valence-electron chi connectivity index (χ3n) is 6.32. The van der Waals surface area contributed by atoms with Gasteiger partial charge in [0.05, 0.1) is 6.04 Å². The maximum atomic E-state index is 12.9. The van der Waals surface area contributed by atoms with E-state index in [9.17, 15) is 13.2 Å². The number of hydrogen-bond acceptors (Lipinski definition) is 4. The summed E-state index contributed by atoms with van der Waals surface area (Å²) >= 11 is 0. The summed E-state index contributed by atoms with van der Waals surface area (Å²) in [7, 11) is -3.50. The number of hydrogen-bond donors (Lipinski definition) is 1. The number of carbonyl (C=O) groups excluding carboxylic acids is 1. The molecule has 0 spiro atoms. The maximum absolute atomic E-state index is 12.9. The molecule has 0 unspecified atom stereocenters. The van der Waals surface area contributed by atoms with Crippen molar-refractivity contribution in [1.29, 1.82) is 0 Å². The number of sulfonamides is 1. The highest BCUT2D eigenvalue weighted by molar-refractivity contribution is 7.92. The zero-order valence-electron chi connectivity index (χ0n) is 19.6. The second kappa shape index (κ2) is 12.1. The largest absolute Gasteiger partial charge is 0.354 e. The van der Waals surface area contributed by atoms with Crippen molar-refractivity contribution in [2.45, 2.75) is 32.7 Å². The summed E-state index contributed by atoms with van der Waals surface area (Å²) in [6.45, 7) is 7.32. The molecule has 0 aromatic heterocycles. The Labute approximate surface area is 198 Å². The predicted molar refractivity (Wildman–Crippen MR) is 134 cm³/mol. The van der Waals surface area contributed by atoms with E-state index in [1.807, 2.05) is 48.5 Å². The van der Waals surface area contributed by atoms with E-state index >= 15 is 0 Å². The first kappa shape index (κ1) is 25.1. The molecule has 2 aromatic rings. The topological polar surface area (TPSA) is 69.7 Å². The van der Waals surface area contributed by atoms with Gasteiger partial charge in [-0.3, -0.25) is 9.69 Å². The molecule has 1 amide bonds. The van der Waals surface area contributed by atoms with Crippen molar-refractivity contribution in [3.8, 4) is 0 Å². The van der Waals surface area contributed by atoms with Crippen LogP contribution in [0, 0.1) is 5.92 Å². The first-order valence-electron chi connectivity index (χ1n) is 11.7. The number of carbonyl (C=O) groups is 1. The number of piperidine rings is 1. The Morgan fingerprint density at radius 3 is 2.18 bits per heavy atom. The summed E-state index contributed by atoms with van der Waals surface area (Å²) in [6.07, 6.45) is 2.68. The molecule has 1 heterocycles. The number of amides is 1. The van der Waals surface area contributed by atoms with Gasteiger partial charge in [-0.1, -0.05) is 74.5 Å². The van der Waals surface area contributed by atoms with Crippen molar-refractivity contribution < 1.29 is 13.2 Å².